The van der Waals surface area contributed by atoms with Crippen LogP contribution in [0, 0.1) is 11.8 Å². The maximum Gasteiger partial charge on any atom is 0.326 e. The maximum absolute atomic E-state index is 13.7. The first kappa shape index (κ1) is 110. The standard InChI is InChI=1S/C83H145N7O27/c1-64(91)65(30-24-26-42-85-76(99)61-115-55-51-111-47-29-33-68(93)60-114-54-52-112-48-44-87-73(96)41-40-70(82(108)109)90-75(98)35-21-17-13-9-5-7-11-15-19-23-37-80(104)105)58-71(94)66(59-72(95)83(2,3)84)31-25-27-43-86-77(100)62-117-57-53-113-49-45-88-78(101)63-116-56-50-110-46-28-32-67(92)38-39-69(81(106)107)89-74(97)34-20-16-12-8-4-6-10-14-18-22-36-79(102)103/h65-66,69-70H,4-63,84H2,1-3H3,(H,85,99)(H,86,100)(H,87,96)(H,88,101)(H,89,97)(H,90,98)(H,102,103)(H,104,105)(H,106,107)(H,108,109)/t65-,66-,69+,70+/m1/s1. The number of ketones is 5. The molecule has 0 aliphatic rings. The summed E-state index contributed by atoms with van der Waals surface area (Å²) in [5.74, 6) is -8.28. The van der Waals surface area contributed by atoms with Crippen molar-refractivity contribution in [1.82, 2.24) is 31.9 Å². The van der Waals surface area contributed by atoms with Crippen LogP contribution in [0.2, 0.25) is 0 Å². The number of carboxylic acids is 4. The Hall–Kier alpha value is -7.31. The maximum atomic E-state index is 13.7. The van der Waals surface area contributed by atoms with Crippen LogP contribution in [0.25, 0.3) is 0 Å². The zero-order valence-corrected chi connectivity index (χ0v) is 70.5. The molecule has 12 N–H and O–H groups in total. The van der Waals surface area contributed by atoms with Crippen molar-refractivity contribution < 1.29 is 130 Å². The van der Waals surface area contributed by atoms with Crippen LogP contribution >= 0.6 is 0 Å². The summed E-state index contributed by atoms with van der Waals surface area (Å²) in [6, 6.07) is -2.33. The minimum absolute atomic E-state index is 0.00289. The number of hydrogen-bond acceptors (Lipinski definition) is 24. The molecule has 0 spiro atoms. The van der Waals surface area contributed by atoms with Crippen LogP contribution in [-0.4, -0.2) is 258 Å². The number of carbonyl (C=O) groups is 15. The molecular weight excluding hydrogens is 1530 g/mol. The van der Waals surface area contributed by atoms with Gasteiger partial charge in [-0.25, -0.2) is 9.59 Å². The Labute approximate surface area is 692 Å². The number of unbranched alkanes of at least 4 members (excludes halogenated alkanes) is 20. The summed E-state index contributed by atoms with van der Waals surface area (Å²) in [7, 11) is 0. The van der Waals surface area contributed by atoms with E-state index in [0.29, 0.717) is 96.7 Å². The lowest BCUT2D eigenvalue weighted by molar-refractivity contribution is -0.142. The van der Waals surface area contributed by atoms with Crippen molar-refractivity contribution in [2.45, 2.75) is 295 Å². The second kappa shape index (κ2) is 74.9. The lowest BCUT2D eigenvalue weighted by Crippen LogP contribution is -2.43. The fourth-order valence-electron chi connectivity index (χ4n) is 12.1. The van der Waals surface area contributed by atoms with E-state index >= 15 is 0 Å². The van der Waals surface area contributed by atoms with E-state index in [1.165, 1.54) is 6.92 Å². The third-order valence-corrected chi connectivity index (χ3v) is 19.0. The first-order valence-corrected chi connectivity index (χ1v) is 42.7. The predicted molar refractivity (Wildman–Crippen MR) is 434 cm³/mol. The van der Waals surface area contributed by atoms with Crippen molar-refractivity contribution in [3.05, 3.63) is 0 Å². The van der Waals surface area contributed by atoms with Gasteiger partial charge in [0.05, 0.1) is 71.6 Å². The highest BCUT2D eigenvalue weighted by Crippen LogP contribution is 2.25. The number of nitrogens with two attached hydrogens (primary N) is 1. The van der Waals surface area contributed by atoms with E-state index in [2.05, 4.69) is 31.9 Å². The third-order valence-electron chi connectivity index (χ3n) is 19.0. The van der Waals surface area contributed by atoms with Crippen molar-refractivity contribution >= 4 is 88.2 Å². The Bertz CT molecular complexity index is 2790. The van der Waals surface area contributed by atoms with Crippen LogP contribution in [-0.2, 0) is 110 Å². The zero-order valence-electron chi connectivity index (χ0n) is 70.5. The molecule has 6 amide bonds. The molecule has 0 aromatic rings. The van der Waals surface area contributed by atoms with Crippen molar-refractivity contribution in [3.8, 4) is 0 Å². The number of rotatable bonds is 87. The Morgan fingerprint density at radius 1 is 0.299 bits per heavy atom. The predicted octanol–water partition coefficient (Wildman–Crippen LogP) is 7.33. The highest BCUT2D eigenvalue weighted by atomic mass is 16.5. The van der Waals surface area contributed by atoms with Crippen LogP contribution in [0.3, 0.4) is 0 Å². The van der Waals surface area contributed by atoms with Gasteiger partial charge in [-0.15, -0.1) is 0 Å². The molecule has 4 atom stereocenters. The number of carboxylic acid groups (broad SMARTS) is 4. The largest absolute Gasteiger partial charge is 0.481 e. The summed E-state index contributed by atoms with van der Waals surface area (Å²) in [5.41, 5.74) is 4.92. The van der Waals surface area contributed by atoms with Crippen LogP contribution in [0.5, 0.6) is 0 Å². The second-order valence-corrected chi connectivity index (χ2v) is 30.2. The highest BCUT2D eigenvalue weighted by molar-refractivity contribution is 5.94. The summed E-state index contributed by atoms with van der Waals surface area (Å²) in [4.78, 5) is 183. The van der Waals surface area contributed by atoms with Crippen molar-refractivity contribution in [2.24, 2.45) is 17.6 Å². The molecule has 0 saturated carbocycles. The van der Waals surface area contributed by atoms with E-state index in [-0.39, 0.29) is 254 Å². The minimum Gasteiger partial charge on any atom is -0.481 e. The molecule has 117 heavy (non-hydrogen) atoms. The molecule has 34 nitrogen and oxygen atoms in total. The van der Waals surface area contributed by atoms with E-state index in [4.69, 9.17) is 53.8 Å². The van der Waals surface area contributed by atoms with Gasteiger partial charge in [0.15, 0.2) is 11.6 Å². The topological polar surface area (TPSA) is 509 Å². The Balaban J connectivity index is 4.13. The molecule has 34 heteroatoms. The van der Waals surface area contributed by atoms with Crippen molar-refractivity contribution in [1.29, 1.82) is 0 Å². The molecule has 0 radical (unpaired) electrons. The highest BCUT2D eigenvalue weighted by Gasteiger charge is 2.31. The summed E-state index contributed by atoms with van der Waals surface area (Å²) in [6.07, 6.45) is 23.6. The van der Waals surface area contributed by atoms with Crippen molar-refractivity contribution in [2.75, 3.05) is 132 Å². The SMILES string of the molecule is CC(=O)[C@H](CCCCNC(=O)COCCOCCCC(=O)COCCOCCNC(=O)CC[C@H](NC(=O)CCCCCCCCCCCCC(=O)O)C(=O)O)CC(=O)[C@H](CCCCNC(=O)COCCOCCNC(=O)COCCOCCCC(=O)CC[C@H](NC(=O)CCCCCCCCCCCCC(=O)O)C(=O)O)CC(=O)C(C)(C)N. The van der Waals surface area contributed by atoms with Gasteiger partial charge in [-0.05, 0) is 97.8 Å². The third kappa shape index (κ3) is 72.4. The Morgan fingerprint density at radius 2 is 0.632 bits per heavy atom. The van der Waals surface area contributed by atoms with Gasteiger partial charge in [0, 0.05) is 115 Å². The minimum atomic E-state index is -1.22. The molecular formula is C83H145N7O27. The number of ether oxygens (including phenoxy) is 8. The number of amides is 6. The number of nitrogens with one attached hydrogen (secondary N) is 6. The van der Waals surface area contributed by atoms with E-state index < -0.39 is 53.3 Å². The van der Waals surface area contributed by atoms with E-state index in [1.54, 1.807) is 13.8 Å². The van der Waals surface area contributed by atoms with Crippen LogP contribution < -0.4 is 37.6 Å². The van der Waals surface area contributed by atoms with Crippen LogP contribution in [0.1, 0.15) is 278 Å². The molecule has 0 aromatic carbocycles. The summed E-state index contributed by atoms with van der Waals surface area (Å²) in [5, 5.41) is 52.4. The number of Topliss-reactive ketones (excluding diaryl/α,β-unsaturated/α-hetero) is 5. The molecule has 674 valence electrons. The molecule has 0 unspecified atom stereocenters. The van der Waals surface area contributed by atoms with Gasteiger partial charge in [-0.3, -0.25) is 62.3 Å². The molecule has 0 aliphatic heterocycles. The Morgan fingerprint density at radius 3 is 1.02 bits per heavy atom. The van der Waals surface area contributed by atoms with Gasteiger partial charge in [0.2, 0.25) is 35.4 Å². The van der Waals surface area contributed by atoms with Gasteiger partial charge >= 0.3 is 23.9 Å². The number of aliphatic carboxylic acids is 4. The van der Waals surface area contributed by atoms with E-state index in [0.717, 1.165) is 103 Å². The molecule has 0 aliphatic carbocycles. The summed E-state index contributed by atoms with van der Waals surface area (Å²) >= 11 is 0. The number of hydrogen-bond donors (Lipinski definition) is 11. The molecule has 0 bridgehead atoms. The summed E-state index contributed by atoms with van der Waals surface area (Å²) in [6.45, 7) is 7.05. The first-order valence-electron chi connectivity index (χ1n) is 42.7. The lowest BCUT2D eigenvalue weighted by atomic mass is 9.82. The lowest BCUT2D eigenvalue weighted by Gasteiger charge is -2.23. The smallest absolute Gasteiger partial charge is 0.326 e. The monoisotopic (exact) mass is 1670 g/mol. The second-order valence-electron chi connectivity index (χ2n) is 30.2. The Kier molecular flexibility index (Phi) is 70.3. The molecule has 0 fully saturated rings. The van der Waals surface area contributed by atoms with Gasteiger partial charge < -0.3 is 96.0 Å². The normalized spacial score (nSPS) is 12.4. The molecule has 0 heterocycles. The van der Waals surface area contributed by atoms with Gasteiger partial charge in [-0.2, -0.15) is 0 Å². The quantitative estimate of drug-likeness (QED) is 0.0265. The van der Waals surface area contributed by atoms with Crippen LogP contribution in [0.15, 0.2) is 0 Å². The fraction of sp³-hybridized carbons (Fsp3) is 0.819. The molecule has 0 aromatic heterocycles. The summed E-state index contributed by atoms with van der Waals surface area (Å²) < 4.78 is 43.4. The van der Waals surface area contributed by atoms with Gasteiger partial charge in [-0.1, -0.05) is 116 Å². The van der Waals surface area contributed by atoms with E-state index in [9.17, 15) is 82.1 Å². The average Bonchev–Trinajstić information content (AvgIpc) is 0.880. The molecule has 0 rings (SSSR count). The van der Waals surface area contributed by atoms with Gasteiger partial charge in [0.25, 0.3) is 0 Å². The van der Waals surface area contributed by atoms with Crippen molar-refractivity contribution in [3.63, 3.8) is 0 Å². The van der Waals surface area contributed by atoms with E-state index in [1.807, 2.05) is 0 Å². The fourth-order valence-corrected chi connectivity index (χ4v) is 12.1. The first-order chi connectivity index (χ1) is 56.1. The van der Waals surface area contributed by atoms with Gasteiger partial charge in [0.1, 0.15) is 55.9 Å². The number of carbonyl (C=O) groups excluding carboxylic acids is 11. The van der Waals surface area contributed by atoms with Crippen LogP contribution in [0.4, 0.5) is 0 Å². The average molecular weight is 1670 g/mol. The molecule has 0 saturated heterocycles. The zero-order chi connectivity index (χ0) is 86.8.